The molecule has 2 N–H and O–H groups in total. The number of ether oxygens (including phenoxy) is 2. The lowest BCUT2D eigenvalue weighted by molar-refractivity contribution is -0.389. The number of phenols is 2. The van der Waals surface area contributed by atoms with Gasteiger partial charge in [0.05, 0.1) is 9.85 Å². The SMILES string of the molecule is O=[N+]([O-])c1c(O)c(F)c(Oc2c(F)c(F)c(Oc3c(F)c(O)c([N+](=O)[O-])c(F)c3F)c(F)c2F)c(F)c1F. The van der Waals surface area contributed by atoms with E-state index in [4.69, 9.17) is 0 Å². The summed E-state index contributed by atoms with van der Waals surface area (Å²) in [6.45, 7) is 0. The van der Waals surface area contributed by atoms with Gasteiger partial charge in [0.2, 0.25) is 92.7 Å². The van der Waals surface area contributed by atoms with Gasteiger partial charge in [0, 0.05) is 0 Å². The Hall–Kier alpha value is -5.04. The molecule has 0 aromatic heterocycles. The number of aromatic hydroxyl groups is 2. The molecule has 3 aromatic rings. The number of hydrogen-bond donors (Lipinski definition) is 2. The molecule has 10 nitrogen and oxygen atoms in total. The summed E-state index contributed by atoms with van der Waals surface area (Å²) in [4.78, 5) is 17.6. The van der Waals surface area contributed by atoms with Crippen LogP contribution in [-0.2, 0) is 0 Å². The van der Waals surface area contributed by atoms with Crippen molar-refractivity contribution in [2.24, 2.45) is 0 Å². The third-order valence-corrected chi connectivity index (χ3v) is 4.42. The fourth-order valence-corrected chi connectivity index (χ4v) is 2.72. The Morgan fingerprint density at radius 3 is 0.895 bits per heavy atom. The van der Waals surface area contributed by atoms with Crippen LogP contribution in [0.2, 0.25) is 0 Å². The second-order valence-corrected chi connectivity index (χ2v) is 6.57. The van der Waals surface area contributed by atoms with Crippen molar-refractivity contribution < 1.29 is 73.4 Å². The molecule has 0 spiro atoms. The molecule has 20 heteroatoms. The number of halogens is 10. The Morgan fingerprint density at radius 2 is 0.658 bits per heavy atom. The molecule has 0 bridgehead atoms. The summed E-state index contributed by atoms with van der Waals surface area (Å²) in [6.07, 6.45) is 0. The molecule has 0 aliphatic rings. The monoisotopic (exact) mass is 564 g/mol. The molecule has 0 heterocycles. The van der Waals surface area contributed by atoms with Gasteiger partial charge in [-0.3, -0.25) is 20.2 Å². The Labute approximate surface area is 198 Å². The van der Waals surface area contributed by atoms with Crippen LogP contribution in [0, 0.1) is 78.4 Å². The van der Waals surface area contributed by atoms with E-state index in [1.807, 2.05) is 0 Å². The Morgan fingerprint density at radius 1 is 0.447 bits per heavy atom. The number of hydrogen-bond acceptors (Lipinski definition) is 8. The van der Waals surface area contributed by atoms with E-state index in [0.717, 1.165) is 0 Å². The van der Waals surface area contributed by atoms with Gasteiger partial charge in [-0.25, -0.2) is 0 Å². The fourth-order valence-electron chi connectivity index (χ4n) is 2.72. The number of nitrogens with zero attached hydrogens (tertiary/aromatic N) is 2. The van der Waals surface area contributed by atoms with E-state index < -0.39 is 114 Å². The van der Waals surface area contributed by atoms with Crippen LogP contribution in [-0.4, -0.2) is 20.1 Å². The second kappa shape index (κ2) is 9.44. The number of nitro benzene ring substituents is 2. The molecule has 0 aliphatic carbocycles. The minimum absolute atomic E-state index is 1.82. The number of benzene rings is 3. The van der Waals surface area contributed by atoms with Crippen LogP contribution in [0.4, 0.5) is 55.3 Å². The summed E-state index contributed by atoms with van der Waals surface area (Å²) in [5, 5.41) is 39.9. The van der Waals surface area contributed by atoms with Crippen molar-refractivity contribution in [2.45, 2.75) is 0 Å². The summed E-state index contributed by atoms with van der Waals surface area (Å²) in [5.41, 5.74) is -4.39. The maximum Gasteiger partial charge on any atom is 0.352 e. The van der Waals surface area contributed by atoms with Crippen LogP contribution in [0.15, 0.2) is 0 Å². The first-order valence-corrected chi connectivity index (χ1v) is 8.83. The van der Waals surface area contributed by atoms with E-state index in [1.54, 1.807) is 0 Å². The highest BCUT2D eigenvalue weighted by atomic mass is 19.2. The molecular formula is C18H2F10N2O8. The van der Waals surface area contributed by atoms with Crippen molar-refractivity contribution in [2.75, 3.05) is 0 Å². The predicted octanol–water partition coefficient (Wildman–Crippen LogP) is 5.89. The molecule has 3 rings (SSSR count). The normalized spacial score (nSPS) is 11.0. The lowest BCUT2D eigenvalue weighted by atomic mass is 10.2. The van der Waals surface area contributed by atoms with E-state index in [2.05, 4.69) is 9.47 Å². The van der Waals surface area contributed by atoms with Crippen LogP contribution in [0.5, 0.6) is 34.5 Å². The van der Waals surface area contributed by atoms with Crippen molar-refractivity contribution in [1.82, 2.24) is 0 Å². The van der Waals surface area contributed by atoms with Gasteiger partial charge in [-0.05, 0) is 0 Å². The van der Waals surface area contributed by atoms with E-state index in [-0.39, 0.29) is 0 Å². The van der Waals surface area contributed by atoms with Crippen LogP contribution in [0.1, 0.15) is 0 Å². The quantitative estimate of drug-likeness (QED) is 0.163. The van der Waals surface area contributed by atoms with Gasteiger partial charge in [0.1, 0.15) is 0 Å². The highest BCUT2D eigenvalue weighted by Crippen LogP contribution is 2.46. The van der Waals surface area contributed by atoms with E-state index in [1.165, 1.54) is 0 Å². The summed E-state index contributed by atoms with van der Waals surface area (Å²) in [5.74, 6) is -41.3. The molecule has 0 saturated heterocycles. The second-order valence-electron chi connectivity index (χ2n) is 6.57. The van der Waals surface area contributed by atoms with Crippen molar-refractivity contribution in [1.29, 1.82) is 0 Å². The average Bonchev–Trinajstić information content (AvgIpc) is 2.84. The molecule has 38 heavy (non-hydrogen) atoms. The van der Waals surface area contributed by atoms with Crippen molar-refractivity contribution in [3.63, 3.8) is 0 Å². The number of phenolic OH excluding ortho intramolecular Hbond substituents is 2. The van der Waals surface area contributed by atoms with Gasteiger partial charge in [0.15, 0.2) is 0 Å². The molecule has 3 aromatic carbocycles. The molecule has 0 fully saturated rings. The van der Waals surface area contributed by atoms with E-state index in [9.17, 15) is 74.3 Å². The van der Waals surface area contributed by atoms with Crippen LogP contribution in [0.3, 0.4) is 0 Å². The third kappa shape index (κ3) is 4.04. The van der Waals surface area contributed by atoms with Gasteiger partial charge in [-0.1, -0.05) is 0 Å². The standard InChI is InChI=1S/C18H2F10N2O8/c19-1-3(21)17(9(27)13(31)11(1)29(33)34)37-15-5(23)7(25)16(8(26)6(15)24)38-18-4(22)2(20)12(30(35)36)14(32)10(18)28/h31-32H. The maximum absolute atomic E-state index is 14.4. The van der Waals surface area contributed by atoms with Gasteiger partial charge in [-0.15, -0.1) is 0 Å². The van der Waals surface area contributed by atoms with Gasteiger partial charge in [0.25, 0.3) is 0 Å². The highest BCUT2D eigenvalue weighted by Gasteiger charge is 2.38. The lowest BCUT2D eigenvalue weighted by Crippen LogP contribution is -2.08. The molecule has 0 aliphatic heterocycles. The number of nitro groups is 2. The first-order valence-electron chi connectivity index (χ1n) is 8.83. The average molecular weight is 564 g/mol. The Kier molecular flexibility index (Phi) is 6.84. The van der Waals surface area contributed by atoms with Crippen molar-refractivity contribution in [3.05, 3.63) is 78.4 Å². The summed E-state index contributed by atoms with van der Waals surface area (Å²) < 4.78 is 149. The summed E-state index contributed by atoms with van der Waals surface area (Å²) in [7, 11) is 0. The minimum atomic E-state index is -2.83. The predicted molar refractivity (Wildman–Crippen MR) is 95.7 cm³/mol. The zero-order chi connectivity index (χ0) is 29.0. The van der Waals surface area contributed by atoms with Gasteiger partial charge >= 0.3 is 11.4 Å². The molecule has 0 saturated carbocycles. The fraction of sp³-hybridized carbons (Fsp3) is 0. The van der Waals surface area contributed by atoms with Crippen molar-refractivity contribution in [3.8, 4) is 34.5 Å². The zero-order valence-corrected chi connectivity index (χ0v) is 17.0. The van der Waals surface area contributed by atoms with Crippen LogP contribution < -0.4 is 9.47 Å². The van der Waals surface area contributed by atoms with Gasteiger partial charge < -0.3 is 19.7 Å². The Bertz CT molecular complexity index is 1360. The molecule has 0 amide bonds. The number of rotatable bonds is 6. The molecule has 0 radical (unpaired) electrons. The zero-order valence-electron chi connectivity index (χ0n) is 17.0. The Balaban J connectivity index is 2.19. The van der Waals surface area contributed by atoms with E-state index >= 15 is 0 Å². The molecule has 0 unspecified atom stereocenters. The first kappa shape index (κ1) is 27.5. The maximum atomic E-state index is 14.4. The highest BCUT2D eigenvalue weighted by molar-refractivity contribution is 5.56. The molecule has 202 valence electrons. The molecule has 0 atom stereocenters. The van der Waals surface area contributed by atoms with Crippen LogP contribution in [0.25, 0.3) is 0 Å². The van der Waals surface area contributed by atoms with E-state index in [0.29, 0.717) is 0 Å². The molecular weight excluding hydrogens is 562 g/mol. The van der Waals surface area contributed by atoms with Crippen LogP contribution >= 0.6 is 0 Å². The summed E-state index contributed by atoms with van der Waals surface area (Å²) >= 11 is 0. The van der Waals surface area contributed by atoms with Crippen molar-refractivity contribution >= 4 is 11.4 Å². The smallest absolute Gasteiger partial charge is 0.352 e. The largest absolute Gasteiger partial charge is 0.500 e. The third-order valence-electron chi connectivity index (χ3n) is 4.42. The topological polar surface area (TPSA) is 145 Å². The summed E-state index contributed by atoms with van der Waals surface area (Å²) in [6, 6.07) is 0. The lowest BCUT2D eigenvalue weighted by Gasteiger charge is -2.15. The minimum Gasteiger partial charge on any atom is -0.500 e. The van der Waals surface area contributed by atoms with Gasteiger partial charge in [-0.2, -0.15) is 43.9 Å². The first-order chi connectivity index (χ1) is 17.5.